The lowest BCUT2D eigenvalue weighted by atomic mass is 9.85. The van der Waals surface area contributed by atoms with Crippen molar-refractivity contribution in [3.8, 4) is 0 Å². The maximum atomic E-state index is 11.6. The molecule has 1 atom stereocenters. The zero-order chi connectivity index (χ0) is 13.1. The molecule has 0 aromatic rings. The van der Waals surface area contributed by atoms with Gasteiger partial charge in [-0.3, -0.25) is 9.69 Å². The minimum Gasteiger partial charge on any atom is -0.480 e. The molecule has 0 aromatic carbocycles. The lowest BCUT2D eigenvalue weighted by Gasteiger charge is -2.43. The Morgan fingerprint density at radius 3 is 2.29 bits per heavy atom. The molecule has 0 bridgehead atoms. The van der Waals surface area contributed by atoms with Gasteiger partial charge in [-0.15, -0.1) is 0 Å². The third-order valence-corrected chi connectivity index (χ3v) is 4.17. The van der Waals surface area contributed by atoms with Gasteiger partial charge < -0.3 is 5.11 Å². The van der Waals surface area contributed by atoms with Crippen LogP contribution >= 0.6 is 0 Å². The fourth-order valence-corrected chi connectivity index (χ4v) is 3.05. The Balaban J connectivity index is 2.77. The molecule has 1 N–H and O–H groups in total. The first kappa shape index (κ1) is 14.5. The van der Waals surface area contributed by atoms with Gasteiger partial charge in [0.25, 0.3) is 0 Å². The van der Waals surface area contributed by atoms with Gasteiger partial charge >= 0.3 is 5.97 Å². The monoisotopic (exact) mass is 241 g/mol. The SMILES string of the molecule is CC(C)CC(C)(C(=O)O)N(C)C1CCCCC1. The second-order valence-electron chi connectivity index (χ2n) is 6.08. The Labute approximate surface area is 105 Å². The molecule has 0 radical (unpaired) electrons. The van der Waals surface area contributed by atoms with E-state index in [0.29, 0.717) is 12.0 Å². The van der Waals surface area contributed by atoms with Crippen molar-refractivity contribution in [3.05, 3.63) is 0 Å². The molecule has 0 heterocycles. The molecule has 0 saturated heterocycles. The highest BCUT2D eigenvalue weighted by molar-refractivity contribution is 5.78. The first-order valence-corrected chi connectivity index (χ1v) is 6.84. The summed E-state index contributed by atoms with van der Waals surface area (Å²) in [4.78, 5) is 13.7. The number of hydrogen-bond acceptors (Lipinski definition) is 2. The first-order chi connectivity index (χ1) is 7.88. The highest BCUT2D eigenvalue weighted by Gasteiger charge is 2.41. The molecular weight excluding hydrogens is 214 g/mol. The standard InChI is InChI=1S/C14H27NO2/c1-11(2)10-14(3,13(16)17)15(4)12-8-6-5-7-9-12/h11-12H,5-10H2,1-4H3,(H,16,17). The third-order valence-electron chi connectivity index (χ3n) is 4.17. The fraction of sp³-hybridized carbons (Fsp3) is 0.929. The molecule has 1 fully saturated rings. The summed E-state index contributed by atoms with van der Waals surface area (Å²) in [6.45, 7) is 6.07. The van der Waals surface area contributed by atoms with Crippen molar-refractivity contribution in [2.24, 2.45) is 5.92 Å². The zero-order valence-corrected chi connectivity index (χ0v) is 11.7. The van der Waals surface area contributed by atoms with Crippen molar-refractivity contribution in [3.63, 3.8) is 0 Å². The van der Waals surface area contributed by atoms with Crippen LogP contribution < -0.4 is 0 Å². The number of hydrogen-bond donors (Lipinski definition) is 1. The number of nitrogens with zero attached hydrogens (tertiary/aromatic N) is 1. The molecule has 1 unspecified atom stereocenters. The van der Waals surface area contributed by atoms with Crippen LogP contribution in [0, 0.1) is 5.92 Å². The molecule has 3 nitrogen and oxygen atoms in total. The Morgan fingerprint density at radius 2 is 1.88 bits per heavy atom. The molecule has 1 aliphatic rings. The van der Waals surface area contributed by atoms with Crippen LogP contribution in [-0.2, 0) is 4.79 Å². The molecule has 100 valence electrons. The summed E-state index contributed by atoms with van der Waals surface area (Å²) in [5.41, 5.74) is -0.712. The van der Waals surface area contributed by atoms with Crippen LogP contribution in [-0.4, -0.2) is 34.6 Å². The van der Waals surface area contributed by atoms with Crippen LogP contribution in [0.5, 0.6) is 0 Å². The summed E-state index contributed by atoms with van der Waals surface area (Å²) in [7, 11) is 1.99. The number of likely N-dealkylation sites (N-methyl/N-ethyl adjacent to an activating group) is 1. The van der Waals surface area contributed by atoms with Crippen LogP contribution in [0.15, 0.2) is 0 Å². The van der Waals surface area contributed by atoms with Gasteiger partial charge in [0.05, 0.1) is 0 Å². The largest absolute Gasteiger partial charge is 0.480 e. The van der Waals surface area contributed by atoms with E-state index in [9.17, 15) is 9.90 Å². The first-order valence-electron chi connectivity index (χ1n) is 6.84. The average molecular weight is 241 g/mol. The lowest BCUT2D eigenvalue weighted by molar-refractivity contribution is -0.153. The van der Waals surface area contributed by atoms with Gasteiger partial charge in [-0.2, -0.15) is 0 Å². The van der Waals surface area contributed by atoms with Gasteiger partial charge in [-0.25, -0.2) is 0 Å². The van der Waals surface area contributed by atoms with Crippen LogP contribution in [0.3, 0.4) is 0 Å². The van der Waals surface area contributed by atoms with Crippen molar-refractivity contribution in [1.29, 1.82) is 0 Å². The fourth-order valence-electron chi connectivity index (χ4n) is 3.05. The quantitative estimate of drug-likeness (QED) is 0.804. The summed E-state index contributed by atoms with van der Waals surface area (Å²) in [5, 5.41) is 9.54. The molecule has 1 rings (SSSR count). The van der Waals surface area contributed by atoms with Crippen LogP contribution in [0.2, 0.25) is 0 Å². The number of carboxylic acids is 1. The van der Waals surface area contributed by atoms with Gasteiger partial charge in [0.15, 0.2) is 0 Å². The second kappa shape index (κ2) is 5.85. The van der Waals surface area contributed by atoms with Crippen LogP contribution in [0.4, 0.5) is 0 Å². The number of carbonyl (C=O) groups is 1. The highest BCUT2D eigenvalue weighted by atomic mass is 16.4. The summed E-state index contributed by atoms with van der Waals surface area (Å²) in [6.07, 6.45) is 6.81. The number of rotatable bonds is 5. The minimum absolute atomic E-state index is 0.405. The molecule has 0 aromatic heterocycles. The summed E-state index contributed by atoms with van der Waals surface area (Å²) in [6, 6.07) is 0.448. The van der Waals surface area contributed by atoms with E-state index in [2.05, 4.69) is 18.7 Å². The smallest absolute Gasteiger partial charge is 0.323 e. The van der Waals surface area contributed by atoms with E-state index >= 15 is 0 Å². The summed E-state index contributed by atoms with van der Waals surface area (Å²) >= 11 is 0. The van der Waals surface area contributed by atoms with Gasteiger partial charge in [0, 0.05) is 6.04 Å². The van der Waals surface area contributed by atoms with E-state index in [-0.39, 0.29) is 0 Å². The predicted octanol–water partition coefficient (Wildman–Crippen LogP) is 3.14. The highest BCUT2D eigenvalue weighted by Crippen LogP contribution is 2.31. The van der Waals surface area contributed by atoms with Gasteiger partial charge in [0.2, 0.25) is 0 Å². The Morgan fingerprint density at radius 1 is 1.35 bits per heavy atom. The molecule has 1 saturated carbocycles. The van der Waals surface area contributed by atoms with E-state index in [1.54, 1.807) is 0 Å². The van der Waals surface area contributed by atoms with E-state index < -0.39 is 11.5 Å². The van der Waals surface area contributed by atoms with E-state index in [1.807, 2.05) is 14.0 Å². The Hall–Kier alpha value is -0.570. The molecule has 0 aliphatic heterocycles. The van der Waals surface area contributed by atoms with Crippen LogP contribution in [0.1, 0.15) is 59.3 Å². The zero-order valence-electron chi connectivity index (χ0n) is 11.7. The topological polar surface area (TPSA) is 40.5 Å². The predicted molar refractivity (Wildman–Crippen MR) is 70.1 cm³/mol. The summed E-state index contributed by atoms with van der Waals surface area (Å²) < 4.78 is 0. The number of carboxylic acid groups (broad SMARTS) is 1. The van der Waals surface area contributed by atoms with Crippen molar-refractivity contribution in [1.82, 2.24) is 4.90 Å². The average Bonchev–Trinajstić information content (AvgIpc) is 2.28. The van der Waals surface area contributed by atoms with Crippen LogP contribution in [0.25, 0.3) is 0 Å². The van der Waals surface area contributed by atoms with Gasteiger partial charge in [0.1, 0.15) is 5.54 Å². The molecule has 0 amide bonds. The van der Waals surface area contributed by atoms with E-state index in [4.69, 9.17) is 0 Å². The third kappa shape index (κ3) is 3.44. The van der Waals surface area contributed by atoms with Gasteiger partial charge in [-0.1, -0.05) is 33.1 Å². The van der Waals surface area contributed by atoms with Crippen molar-refractivity contribution < 1.29 is 9.90 Å². The van der Waals surface area contributed by atoms with Crippen molar-refractivity contribution in [2.45, 2.75) is 70.9 Å². The van der Waals surface area contributed by atoms with E-state index in [0.717, 1.165) is 19.3 Å². The van der Waals surface area contributed by atoms with Gasteiger partial charge in [-0.05, 0) is 39.2 Å². The molecule has 0 spiro atoms. The second-order valence-corrected chi connectivity index (χ2v) is 6.08. The Bertz CT molecular complexity index is 259. The van der Waals surface area contributed by atoms with Crippen molar-refractivity contribution in [2.75, 3.05) is 7.05 Å². The molecule has 3 heteroatoms. The minimum atomic E-state index is -0.712. The Kier molecular flexibility index (Phi) is 4.99. The number of aliphatic carboxylic acids is 1. The van der Waals surface area contributed by atoms with Crippen molar-refractivity contribution >= 4 is 5.97 Å². The lowest BCUT2D eigenvalue weighted by Crippen LogP contribution is -2.55. The maximum Gasteiger partial charge on any atom is 0.323 e. The van der Waals surface area contributed by atoms with E-state index in [1.165, 1.54) is 19.3 Å². The maximum absolute atomic E-state index is 11.6. The normalized spacial score (nSPS) is 21.8. The molecular formula is C14H27NO2. The summed E-state index contributed by atoms with van der Waals surface area (Å²) in [5.74, 6) is -0.276. The molecule has 17 heavy (non-hydrogen) atoms. The molecule has 1 aliphatic carbocycles.